The Kier molecular flexibility index (Phi) is 5.58. The molecule has 2 aromatic carbocycles. The van der Waals surface area contributed by atoms with Gasteiger partial charge in [0.25, 0.3) is 5.66 Å². The van der Waals surface area contributed by atoms with Crippen molar-refractivity contribution in [1.82, 2.24) is 0 Å². The summed E-state index contributed by atoms with van der Waals surface area (Å²) in [6.07, 6.45) is 3.75. The molecule has 3 rings (SSSR count). The highest BCUT2D eigenvalue weighted by Gasteiger charge is 2.24. The lowest BCUT2D eigenvalue weighted by molar-refractivity contribution is 0.104. The van der Waals surface area contributed by atoms with E-state index >= 15 is 0 Å². The Morgan fingerprint density at radius 3 is 2.20 bits per heavy atom. The Hall–Kier alpha value is -1.28. The second-order valence-electron chi connectivity index (χ2n) is 5.90. The zero-order valence-corrected chi connectivity index (χ0v) is 15.9. The predicted octanol–water partition coefficient (Wildman–Crippen LogP) is 6.58. The van der Waals surface area contributed by atoms with Gasteiger partial charge in [-0.15, -0.1) is 0 Å². The molecule has 130 valence electrons. The zero-order valence-electron chi connectivity index (χ0n) is 13.3. The Morgan fingerprint density at radius 1 is 0.960 bits per heavy atom. The van der Waals surface area contributed by atoms with Crippen molar-refractivity contribution in [3.63, 3.8) is 0 Å². The maximum absolute atomic E-state index is 13.3. The smallest absolute Gasteiger partial charge is 0.283 e. The van der Waals surface area contributed by atoms with Crippen molar-refractivity contribution in [1.29, 1.82) is 0 Å². The van der Waals surface area contributed by atoms with Crippen molar-refractivity contribution in [3.8, 4) is 0 Å². The lowest BCUT2D eigenvalue weighted by Gasteiger charge is -2.11. The first-order chi connectivity index (χ1) is 11.8. The summed E-state index contributed by atoms with van der Waals surface area (Å²) < 4.78 is 26.7. The highest BCUT2D eigenvalue weighted by molar-refractivity contribution is 7.17. The minimum atomic E-state index is -2.93. The van der Waals surface area contributed by atoms with Gasteiger partial charge in [-0.05, 0) is 53.8 Å². The van der Waals surface area contributed by atoms with Crippen LogP contribution in [-0.4, -0.2) is 12.3 Å². The van der Waals surface area contributed by atoms with E-state index in [0.29, 0.717) is 16.6 Å². The fraction of sp³-hybridized carbons (Fsp3) is 0.211. The molecule has 1 nitrogen and oxygen atoms in total. The van der Waals surface area contributed by atoms with Crippen molar-refractivity contribution >= 4 is 43.7 Å². The van der Waals surface area contributed by atoms with Gasteiger partial charge in [0.1, 0.15) is 0 Å². The van der Waals surface area contributed by atoms with E-state index in [1.54, 1.807) is 27.4 Å². The molecule has 6 heteroatoms. The number of halogens is 4. The molecule has 0 fully saturated rings. The van der Waals surface area contributed by atoms with E-state index in [4.69, 9.17) is 23.2 Å². The number of rotatable bonds is 3. The van der Waals surface area contributed by atoms with Crippen LogP contribution in [0.3, 0.4) is 0 Å². The van der Waals surface area contributed by atoms with Crippen LogP contribution in [-0.2, 0) is 5.66 Å². The predicted molar refractivity (Wildman–Crippen MR) is 105 cm³/mol. The van der Waals surface area contributed by atoms with Crippen molar-refractivity contribution < 1.29 is 8.78 Å². The third-order valence-corrected chi connectivity index (χ3v) is 4.77. The molecule has 0 aromatic heterocycles. The Balaban J connectivity index is 1.96. The van der Waals surface area contributed by atoms with Crippen LogP contribution in [0.4, 0.5) is 8.78 Å². The molecule has 0 radical (unpaired) electrons. The van der Waals surface area contributed by atoms with Crippen molar-refractivity contribution in [2.24, 2.45) is 4.99 Å². The van der Waals surface area contributed by atoms with Gasteiger partial charge in [0, 0.05) is 22.2 Å². The third kappa shape index (κ3) is 4.67. The van der Waals surface area contributed by atoms with Gasteiger partial charge in [0.2, 0.25) is 0 Å². The molecule has 1 aliphatic rings. The molecule has 0 amide bonds. The van der Waals surface area contributed by atoms with E-state index in [-0.39, 0.29) is 5.56 Å². The number of allylic oxidation sites excluding steroid dienone is 2. The van der Waals surface area contributed by atoms with Crippen LogP contribution in [0.2, 0.25) is 10.0 Å². The summed E-state index contributed by atoms with van der Waals surface area (Å²) in [6.45, 7) is 0.686. The highest BCUT2D eigenvalue weighted by atomic mass is 35.5. The molecule has 25 heavy (non-hydrogen) atoms. The molecular formula is C19H16Cl2F2NP. The summed E-state index contributed by atoms with van der Waals surface area (Å²) in [5.74, 6) is 0. The third-order valence-electron chi connectivity index (χ3n) is 4.00. The van der Waals surface area contributed by atoms with Gasteiger partial charge in [-0.3, -0.25) is 4.99 Å². The number of hydrogen-bond donors (Lipinski definition) is 0. The Labute approximate surface area is 158 Å². The van der Waals surface area contributed by atoms with E-state index < -0.39 is 5.66 Å². The van der Waals surface area contributed by atoms with Gasteiger partial charge in [0.15, 0.2) is 0 Å². The van der Waals surface area contributed by atoms with Crippen molar-refractivity contribution in [2.45, 2.75) is 18.5 Å². The van der Waals surface area contributed by atoms with Gasteiger partial charge in [-0.2, -0.15) is 8.78 Å². The first kappa shape index (κ1) is 18.5. The molecule has 0 spiro atoms. The monoisotopic (exact) mass is 397 g/mol. The van der Waals surface area contributed by atoms with Crippen LogP contribution in [0, 0.1) is 0 Å². The standard InChI is InChI=1S/C19H16Cl2F2NP/c20-16-8-14(9-17(21)11-16)13-2-1-7-24-18(10-13)12-3-5-15(6-4-12)19(22,23)25/h3-6,8-11H,1-2,7,25H2. The molecule has 0 saturated heterocycles. The van der Waals surface area contributed by atoms with Crippen LogP contribution in [0.5, 0.6) is 0 Å². The SMILES string of the molecule is FC(F)(P)c1ccc(C2=NCCCC(c3cc(Cl)cc(Cl)c3)=C2)cc1. The summed E-state index contributed by atoms with van der Waals surface area (Å²) in [4.78, 5) is 4.59. The molecule has 2 aromatic rings. The summed E-state index contributed by atoms with van der Waals surface area (Å²) in [7, 11) is 1.55. The fourth-order valence-corrected chi connectivity index (χ4v) is 3.48. The molecule has 0 aliphatic carbocycles. The number of aliphatic imine (C=N–C) groups is 1. The average molecular weight is 398 g/mol. The van der Waals surface area contributed by atoms with Crippen molar-refractivity contribution in [3.05, 3.63) is 75.3 Å². The lowest BCUT2D eigenvalue weighted by atomic mass is 9.98. The minimum absolute atomic E-state index is 0.0405. The summed E-state index contributed by atoms with van der Waals surface area (Å²) in [5.41, 5.74) is 0.665. The minimum Gasteiger partial charge on any atom is -0.285 e. The molecule has 1 aliphatic heterocycles. The molecule has 1 atom stereocenters. The molecule has 0 N–H and O–H groups in total. The molecule has 0 bridgehead atoms. The zero-order chi connectivity index (χ0) is 18.0. The van der Waals surface area contributed by atoms with Crippen LogP contribution < -0.4 is 0 Å². The maximum atomic E-state index is 13.3. The summed E-state index contributed by atoms with van der Waals surface area (Å²) in [5, 5.41) is 1.16. The average Bonchev–Trinajstić information content (AvgIpc) is 2.79. The van der Waals surface area contributed by atoms with E-state index in [0.717, 1.165) is 35.3 Å². The molecule has 1 heterocycles. The van der Waals surface area contributed by atoms with Crippen LogP contribution >= 0.6 is 32.4 Å². The number of alkyl halides is 2. The molecular weight excluding hydrogens is 382 g/mol. The van der Waals surface area contributed by atoms with E-state index in [1.807, 2.05) is 18.2 Å². The van der Waals surface area contributed by atoms with E-state index in [9.17, 15) is 8.78 Å². The highest BCUT2D eigenvalue weighted by Crippen LogP contribution is 2.35. The molecule has 0 saturated carbocycles. The van der Waals surface area contributed by atoms with Gasteiger partial charge < -0.3 is 0 Å². The second-order valence-corrected chi connectivity index (χ2v) is 7.50. The maximum Gasteiger partial charge on any atom is 0.283 e. The summed E-state index contributed by atoms with van der Waals surface area (Å²) >= 11 is 12.2. The summed E-state index contributed by atoms with van der Waals surface area (Å²) in [6, 6.07) is 11.7. The topological polar surface area (TPSA) is 12.4 Å². The van der Waals surface area contributed by atoms with Crippen LogP contribution in [0.1, 0.15) is 29.5 Å². The van der Waals surface area contributed by atoms with Gasteiger partial charge in [0.05, 0.1) is 5.71 Å². The van der Waals surface area contributed by atoms with E-state index in [1.165, 1.54) is 12.1 Å². The van der Waals surface area contributed by atoms with Crippen LogP contribution in [0.15, 0.2) is 53.5 Å². The van der Waals surface area contributed by atoms with Gasteiger partial charge >= 0.3 is 0 Å². The molecule has 1 unspecified atom stereocenters. The van der Waals surface area contributed by atoms with Crippen molar-refractivity contribution in [2.75, 3.05) is 6.54 Å². The van der Waals surface area contributed by atoms with E-state index in [2.05, 4.69) is 4.99 Å². The largest absolute Gasteiger partial charge is 0.285 e. The van der Waals surface area contributed by atoms with Gasteiger partial charge in [-0.25, -0.2) is 0 Å². The number of benzene rings is 2. The lowest BCUT2D eigenvalue weighted by Crippen LogP contribution is -2.04. The first-order valence-electron chi connectivity index (χ1n) is 7.82. The Morgan fingerprint density at radius 2 is 1.60 bits per heavy atom. The number of hydrogen-bond acceptors (Lipinski definition) is 1. The second kappa shape index (κ2) is 7.53. The Bertz CT molecular complexity index is 819. The van der Waals surface area contributed by atoms with Crippen LogP contribution in [0.25, 0.3) is 5.57 Å². The number of nitrogens with zero attached hydrogens (tertiary/aromatic N) is 1. The van der Waals surface area contributed by atoms with Gasteiger partial charge in [-0.1, -0.05) is 56.7 Å². The quantitative estimate of drug-likeness (QED) is 0.518. The normalized spacial score (nSPS) is 15.4. The first-order valence-corrected chi connectivity index (χ1v) is 9.15. The fourth-order valence-electron chi connectivity index (χ4n) is 2.76.